The highest BCUT2D eigenvalue weighted by atomic mass is 32.2. The summed E-state index contributed by atoms with van der Waals surface area (Å²) < 4.78 is 11.6. The molecule has 3 nitrogen and oxygen atoms in total. The lowest BCUT2D eigenvalue weighted by Gasteiger charge is -2.27. The highest BCUT2D eigenvalue weighted by Gasteiger charge is 2.38. The minimum Gasteiger partial charge on any atom is -0.404 e. The summed E-state index contributed by atoms with van der Waals surface area (Å²) in [6.45, 7) is 5.87. The highest BCUT2D eigenvalue weighted by molar-refractivity contribution is 7.99. The van der Waals surface area contributed by atoms with Crippen molar-refractivity contribution in [1.29, 1.82) is 0 Å². The summed E-state index contributed by atoms with van der Waals surface area (Å²) in [5.41, 5.74) is 2.23. The molecule has 1 aromatic carbocycles. The Labute approximate surface area is 113 Å². The maximum absolute atomic E-state index is 5.91. The number of rotatable bonds is 1. The van der Waals surface area contributed by atoms with Crippen molar-refractivity contribution in [3.8, 4) is 0 Å². The van der Waals surface area contributed by atoms with Crippen LogP contribution >= 0.6 is 11.8 Å². The van der Waals surface area contributed by atoms with E-state index in [9.17, 15) is 0 Å². The van der Waals surface area contributed by atoms with Gasteiger partial charge in [-0.15, -0.1) is 11.8 Å². The maximum Gasteiger partial charge on any atom is 0.494 e. The molecule has 0 amide bonds. The molecule has 2 aliphatic rings. The van der Waals surface area contributed by atoms with Crippen molar-refractivity contribution in [2.75, 3.05) is 30.9 Å². The number of fused-ring (bicyclic) bond motifs is 1. The number of hydrogen-bond acceptors (Lipinski definition) is 4. The Kier molecular flexibility index (Phi) is 3.08. The molecular weight excluding hydrogens is 245 g/mol. The van der Waals surface area contributed by atoms with Gasteiger partial charge in [0.05, 0.1) is 12.2 Å². The van der Waals surface area contributed by atoms with E-state index in [0.717, 1.165) is 17.8 Å². The summed E-state index contributed by atoms with van der Waals surface area (Å²) in [6.07, 6.45) is 0. The van der Waals surface area contributed by atoms with Gasteiger partial charge in [-0.2, -0.15) is 0 Å². The van der Waals surface area contributed by atoms with E-state index in [2.05, 4.69) is 44.0 Å². The normalized spacial score (nSPS) is 22.2. The lowest BCUT2D eigenvalue weighted by Crippen LogP contribution is -2.35. The Bertz CT molecular complexity index is 466. The fourth-order valence-electron chi connectivity index (χ4n) is 2.31. The van der Waals surface area contributed by atoms with Crippen LogP contribution < -0.4 is 10.4 Å². The molecule has 0 N–H and O–H groups in total. The van der Waals surface area contributed by atoms with E-state index >= 15 is 0 Å². The molecule has 1 aromatic rings. The van der Waals surface area contributed by atoms with Gasteiger partial charge in [-0.25, -0.2) is 0 Å². The molecule has 2 heterocycles. The average molecular weight is 263 g/mol. The highest BCUT2D eigenvalue weighted by Crippen LogP contribution is 2.33. The van der Waals surface area contributed by atoms with Crippen LogP contribution in [0.2, 0.25) is 0 Å². The largest absolute Gasteiger partial charge is 0.494 e. The van der Waals surface area contributed by atoms with Crippen LogP contribution in [0, 0.1) is 0 Å². The summed E-state index contributed by atoms with van der Waals surface area (Å²) >= 11 is 1.92. The van der Waals surface area contributed by atoms with Crippen LogP contribution in [0.15, 0.2) is 23.1 Å². The Balaban J connectivity index is 1.88. The Morgan fingerprint density at radius 2 is 2.22 bits per heavy atom. The third-order valence-electron chi connectivity index (χ3n) is 3.36. The van der Waals surface area contributed by atoms with E-state index in [4.69, 9.17) is 9.31 Å². The summed E-state index contributed by atoms with van der Waals surface area (Å²) in [6, 6.07) is 6.51. The van der Waals surface area contributed by atoms with Gasteiger partial charge in [0, 0.05) is 29.9 Å². The summed E-state index contributed by atoms with van der Waals surface area (Å²) in [4.78, 5) is 3.65. The number of hydrogen-bond donors (Lipinski definition) is 0. The Morgan fingerprint density at radius 1 is 1.39 bits per heavy atom. The summed E-state index contributed by atoms with van der Waals surface area (Å²) in [7, 11) is 1.92. The van der Waals surface area contributed by atoms with Gasteiger partial charge in [0.15, 0.2) is 0 Å². The molecule has 0 atom stereocenters. The first-order chi connectivity index (χ1) is 8.55. The molecule has 18 heavy (non-hydrogen) atoms. The van der Waals surface area contributed by atoms with Crippen LogP contribution in [-0.2, 0) is 9.31 Å². The number of thioether (sulfide) groups is 1. The molecule has 96 valence electrons. The maximum atomic E-state index is 5.91. The molecule has 0 aliphatic carbocycles. The molecule has 0 bridgehead atoms. The van der Waals surface area contributed by atoms with E-state index in [1.165, 1.54) is 10.6 Å². The quantitative estimate of drug-likeness (QED) is 0.719. The van der Waals surface area contributed by atoms with Gasteiger partial charge in [-0.1, -0.05) is 6.07 Å². The average Bonchev–Trinajstić information content (AvgIpc) is 2.70. The van der Waals surface area contributed by atoms with Crippen LogP contribution in [0.4, 0.5) is 5.69 Å². The molecule has 0 saturated carbocycles. The van der Waals surface area contributed by atoms with Gasteiger partial charge >= 0.3 is 7.12 Å². The second kappa shape index (κ2) is 4.47. The minimum atomic E-state index is -0.217. The second-order valence-electron chi connectivity index (χ2n) is 5.52. The molecule has 0 unspecified atom stereocenters. The standard InChI is InChI=1S/C13H18BNO2S/c1-13(2)9-16-14(17-13)10-4-5-12-11(8-10)15(3)6-7-18-12/h4-5,8H,6-7,9H2,1-3H3. The molecule has 5 heteroatoms. The lowest BCUT2D eigenvalue weighted by molar-refractivity contribution is 0.137. The minimum absolute atomic E-state index is 0.179. The molecule has 3 rings (SSSR count). The fraction of sp³-hybridized carbons (Fsp3) is 0.538. The number of anilines is 1. The molecule has 0 radical (unpaired) electrons. The molecule has 1 saturated heterocycles. The van der Waals surface area contributed by atoms with Crippen molar-refractivity contribution in [3.05, 3.63) is 18.2 Å². The van der Waals surface area contributed by atoms with Crippen LogP contribution in [0.3, 0.4) is 0 Å². The van der Waals surface area contributed by atoms with Crippen LogP contribution in [0.25, 0.3) is 0 Å². The van der Waals surface area contributed by atoms with E-state index < -0.39 is 0 Å². The van der Waals surface area contributed by atoms with Gasteiger partial charge in [-0.3, -0.25) is 0 Å². The van der Waals surface area contributed by atoms with Crippen molar-refractivity contribution >= 4 is 30.0 Å². The molecule has 2 aliphatic heterocycles. The van der Waals surface area contributed by atoms with E-state index in [1.807, 2.05) is 11.8 Å². The predicted octanol–water partition coefficient (Wildman–Crippen LogP) is 1.75. The molecule has 0 spiro atoms. The zero-order valence-electron chi connectivity index (χ0n) is 11.1. The van der Waals surface area contributed by atoms with Crippen LogP contribution in [0.5, 0.6) is 0 Å². The van der Waals surface area contributed by atoms with E-state index in [1.54, 1.807) is 0 Å². The van der Waals surface area contributed by atoms with Crippen molar-refractivity contribution in [3.63, 3.8) is 0 Å². The van der Waals surface area contributed by atoms with Crippen molar-refractivity contribution in [1.82, 2.24) is 0 Å². The Hall–Kier alpha value is -0.645. The van der Waals surface area contributed by atoms with Gasteiger partial charge < -0.3 is 14.2 Å². The van der Waals surface area contributed by atoms with Gasteiger partial charge in [0.2, 0.25) is 0 Å². The number of benzene rings is 1. The predicted molar refractivity (Wildman–Crippen MR) is 76.9 cm³/mol. The fourth-order valence-corrected chi connectivity index (χ4v) is 3.42. The number of nitrogens with zero attached hydrogens (tertiary/aromatic N) is 1. The smallest absolute Gasteiger partial charge is 0.404 e. The summed E-state index contributed by atoms with van der Waals surface area (Å²) in [5, 5.41) is 0. The zero-order valence-corrected chi connectivity index (χ0v) is 11.9. The van der Waals surface area contributed by atoms with Gasteiger partial charge in [0.1, 0.15) is 0 Å². The molecule has 1 fully saturated rings. The van der Waals surface area contributed by atoms with Gasteiger partial charge in [-0.05, 0) is 31.4 Å². The monoisotopic (exact) mass is 263 g/mol. The third kappa shape index (κ3) is 2.27. The van der Waals surface area contributed by atoms with E-state index in [0.29, 0.717) is 6.61 Å². The van der Waals surface area contributed by atoms with Crippen molar-refractivity contribution < 1.29 is 9.31 Å². The zero-order chi connectivity index (χ0) is 12.8. The lowest BCUT2D eigenvalue weighted by atomic mass is 9.79. The molecular formula is C13H18BNO2S. The summed E-state index contributed by atoms with van der Waals surface area (Å²) in [5.74, 6) is 1.16. The van der Waals surface area contributed by atoms with Gasteiger partial charge in [0.25, 0.3) is 0 Å². The first-order valence-electron chi connectivity index (χ1n) is 6.32. The third-order valence-corrected chi connectivity index (χ3v) is 4.40. The SMILES string of the molecule is CN1CCSc2ccc(B3OCC(C)(C)O3)cc21. The second-order valence-corrected chi connectivity index (χ2v) is 6.65. The first-order valence-corrected chi connectivity index (χ1v) is 7.31. The van der Waals surface area contributed by atoms with Crippen molar-refractivity contribution in [2.24, 2.45) is 0 Å². The molecule has 0 aromatic heterocycles. The van der Waals surface area contributed by atoms with Crippen molar-refractivity contribution in [2.45, 2.75) is 24.3 Å². The first kappa shape index (κ1) is 12.4. The van der Waals surface area contributed by atoms with E-state index in [-0.39, 0.29) is 12.7 Å². The van der Waals surface area contributed by atoms with Crippen LogP contribution in [-0.4, -0.2) is 38.7 Å². The van der Waals surface area contributed by atoms with Crippen LogP contribution in [0.1, 0.15) is 13.8 Å². The Morgan fingerprint density at radius 3 is 2.94 bits per heavy atom. The topological polar surface area (TPSA) is 21.7 Å².